The normalized spacial score (nSPS) is 19.8. The van der Waals surface area contributed by atoms with Crippen molar-refractivity contribution in [3.8, 4) is 11.8 Å². The number of nitrogens with zero attached hydrogens (tertiary/aromatic N) is 5. The van der Waals surface area contributed by atoms with Crippen molar-refractivity contribution in [1.82, 2.24) is 14.5 Å². The molecular weight excluding hydrogens is 475 g/mol. The maximum absolute atomic E-state index is 12.7. The van der Waals surface area contributed by atoms with Crippen LogP contribution >= 0.6 is 0 Å². The molecule has 0 radical (unpaired) electrons. The minimum Gasteiger partial charge on any atom is -0.406 e. The van der Waals surface area contributed by atoms with Gasteiger partial charge >= 0.3 is 6.36 Å². The van der Waals surface area contributed by atoms with Gasteiger partial charge in [0.25, 0.3) is 5.56 Å². The SMILES string of the molecule is CC(c1ccc(OC(F)(F)F)cc1)N1C[C@@H](C)N(c2cc(=O)n(C)c3ccc(C#N)nc23)C[C@@H]1CO. The van der Waals surface area contributed by atoms with Gasteiger partial charge in [-0.05, 0) is 43.7 Å². The fourth-order valence-corrected chi connectivity index (χ4v) is 4.77. The molecule has 190 valence electrons. The van der Waals surface area contributed by atoms with Crippen LogP contribution in [0.2, 0.25) is 0 Å². The van der Waals surface area contributed by atoms with Crippen LogP contribution in [-0.2, 0) is 7.05 Å². The highest BCUT2D eigenvalue weighted by atomic mass is 19.4. The predicted molar refractivity (Wildman–Crippen MR) is 128 cm³/mol. The van der Waals surface area contributed by atoms with Gasteiger partial charge in [-0.3, -0.25) is 9.69 Å². The first kappa shape index (κ1) is 25.5. The van der Waals surface area contributed by atoms with Crippen LogP contribution in [0.25, 0.3) is 11.0 Å². The molecule has 3 heterocycles. The van der Waals surface area contributed by atoms with E-state index in [4.69, 9.17) is 0 Å². The third kappa shape index (κ3) is 5.01. The van der Waals surface area contributed by atoms with Crippen LogP contribution in [-0.4, -0.2) is 57.7 Å². The number of hydrogen-bond donors (Lipinski definition) is 1. The van der Waals surface area contributed by atoms with Crippen molar-refractivity contribution >= 4 is 16.7 Å². The largest absolute Gasteiger partial charge is 0.573 e. The third-order valence-corrected chi connectivity index (χ3v) is 6.68. The van der Waals surface area contributed by atoms with Crippen LogP contribution in [0.1, 0.15) is 31.1 Å². The molecule has 0 amide bonds. The smallest absolute Gasteiger partial charge is 0.406 e. The average Bonchev–Trinajstić information content (AvgIpc) is 2.85. The lowest BCUT2D eigenvalue weighted by molar-refractivity contribution is -0.274. The summed E-state index contributed by atoms with van der Waals surface area (Å²) in [7, 11) is 1.65. The van der Waals surface area contributed by atoms with E-state index in [0.717, 1.165) is 5.56 Å². The van der Waals surface area contributed by atoms with Gasteiger partial charge in [0.15, 0.2) is 0 Å². The van der Waals surface area contributed by atoms with E-state index in [2.05, 4.69) is 14.6 Å². The van der Waals surface area contributed by atoms with Crippen molar-refractivity contribution in [3.05, 3.63) is 64.1 Å². The molecule has 36 heavy (non-hydrogen) atoms. The molecule has 3 aromatic rings. The zero-order valence-corrected chi connectivity index (χ0v) is 20.0. The summed E-state index contributed by atoms with van der Waals surface area (Å²) in [5, 5.41) is 19.6. The molecule has 1 unspecified atom stereocenters. The Kier molecular flexibility index (Phi) is 6.93. The zero-order valence-electron chi connectivity index (χ0n) is 20.0. The number of aliphatic hydroxyl groups is 1. The fourth-order valence-electron chi connectivity index (χ4n) is 4.77. The quantitative estimate of drug-likeness (QED) is 0.573. The molecule has 1 aromatic carbocycles. The van der Waals surface area contributed by atoms with Crippen molar-refractivity contribution in [2.45, 2.75) is 38.3 Å². The molecule has 0 spiro atoms. The van der Waals surface area contributed by atoms with Crippen LogP contribution in [0.4, 0.5) is 18.9 Å². The van der Waals surface area contributed by atoms with Gasteiger partial charge in [-0.15, -0.1) is 13.2 Å². The molecule has 1 aliphatic heterocycles. The molecule has 3 atom stereocenters. The van der Waals surface area contributed by atoms with Crippen LogP contribution in [0, 0.1) is 11.3 Å². The third-order valence-electron chi connectivity index (χ3n) is 6.68. The summed E-state index contributed by atoms with van der Waals surface area (Å²) in [6, 6.07) is 11.9. The van der Waals surface area contributed by atoms with E-state index in [9.17, 15) is 28.3 Å². The Balaban J connectivity index is 1.63. The van der Waals surface area contributed by atoms with Gasteiger partial charge in [-0.2, -0.15) is 5.26 Å². The fraction of sp³-hybridized carbons (Fsp3) is 0.400. The van der Waals surface area contributed by atoms with Gasteiger partial charge in [0, 0.05) is 38.3 Å². The number of ether oxygens (including phenoxy) is 1. The van der Waals surface area contributed by atoms with Gasteiger partial charge in [0.2, 0.25) is 0 Å². The zero-order chi connectivity index (χ0) is 26.2. The summed E-state index contributed by atoms with van der Waals surface area (Å²) in [5.74, 6) is -0.294. The molecule has 0 saturated carbocycles. The lowest BCUT2D eigenvalue weighted by Crippen LogP contribution is -2.59. The number of piperazine rings is 1. The minimum absolute atomic E-state index is 0.0917. The number of halogens is 3. The topological polar surface area (TPSA) is 94.6 Å². The summed E-state index contributed by atoms with van der Waals surface area (Å²) >= 11 is 0. The monoisotopic (exact) mass is 501 g/mol. The number of fused-ring (bicyclic) bond motifs is 1. The first-order chi connectivity index (χ1) is 17.0. The van der Waals surface area contributed by atoms with E-state index in [-0.39, 0.29) is 41.7 Å². The molecule has 11 heteroatoms. The van der Waals surface area contributed by atoms with E-state index in [1.54, 1.807) is 31.3 Å². The van der Waals surface area contributed by atoms with Crippen molar-refractivity contribution in [1.29, 1.82) is 5.26 Å². The molecule has 4 rings (SSSR count). The molecule has 1 fully saturated rings. The standard InChI is InChI=1S/C25H26F3N5O3/c1-15-12-33(16(2)17-4-7-20(8-5-17)36-25(26,27)28)19(14-34)13-32(15)22-10-23(35)31(3)21-9-6-18(11-29)30-24(21)22/h4-10,15-16,19,34H,12-14H2,1-3H3/t15-,16?,19-/m1/s1. The highest BCUT2D eigenvalue weighted by molar-refractivity contribution is 5.89. The van der Waals surface area contributed by atoms with E-state index in [1.165, 1.54) is 22.8 Å². The number of anilines is 1. The number of aryl methyl sites for hydroxylation is 1. The maximum Gasteiger partial charge on any atom is 0.573 e. The Bertz CT molecular complexity index is 1350. The van der Waals surface area contributed by atoms with Crippen molar-refractivity contribution in [3.63, 3.8) is 0 Å². The summed E-state index contributed by atoms with van der Waals surface area (Å²) in [4.78, 5) is 21.3. The van der Waals surface area contributed by atoms with E-state index >= 15 is 0 Å². The lowest BCUT2D eigenvalue weighted by Gasteiger charge is -2.48. The summed E-state index contributed by atoms with van der Waals surface area (Å²) in [6.45, 7) is 4.66. The van der Waals surface area contributed by atoms with E-state index in [1.807, 2.05) is 24.8 Å². The molecule has 1 saturated heterocycles. The number of hydrogen-bond acceptors (Lipinski definition) is 7. The van der Waals surface area contributed by atoms with Crippen LogP contribution in [0.5, 0.6) is 5.75 Å². The number of rotatable bonds is 5. The van der Waals surface area contributed by atoms with Crippen LogP contribution in [0.15, 0.2) is 47.3 Å². The van der Waals surface area contributed by atoms with Gasteiger partial charge in [0.05, 0.1) is 23.9 Å². The molecule has 8 nitrogen and oxygen atoms in total. The van der Waals surface area contributed by atoms with Gasteiger partial charge in [0.1, 0.15) is 23.0 Å². The predicted octanol–water partition coefficient (Wildman–Crippen LogP) is 3.34. The maximum atomic E-state index is 12.7. The first-order valence-electron chi connectivity index (χ1n) is 11.4. The summed E-state index contributed by atoms with van der Waals surface area (Å²) < 4.78 is 42.9. The second kappa shape index (κ2) is 9.79. The van der Waals surface area contributed by atoms with Crippen molar-refractivity contribution in [2.75, 3.05) is 24.6 Å². The summed E-state index contributed by atoms with van der Waals surface area (Å²) in [5.41, 5.74) is 2.52. The number of pyridine rings is 2. The Morgan fingerprint density at radius 3 is 2.53 bits per heavy atom. The first-order valence-corrected chi connectivity index (χ1v) is 11.4. The highest BCUT2D eigenvalue weighted by Gasteiger charge is 2.36. The number of alkyl halides is 3. The summed E-state index contributed by atoms with van der Waals surface area (Å²) in [6.07, 6.45) is -4.76. The Labute approximate surface area is 205 Å². The van der Waals surface area contributed by atoms with Crippen LogP contribution in [0.3, 0.4) is 0 Å². The Hall–Kier alpha value is -3.62. The number of benzene rings is 1. The van der Waals surface area contributed by atoms with Gasteiger partial charge in [-0.25, -0.2) is 4.98 Å². The molecule has 2 aromatic heterocycles. The molecule has 0 bridgehead atoms. The second-order valence-corrected chi connectivity index (χ2v) is 8.93. The average molecular weight is 502 g/mol. The van der Waals surface area contributed by atoms with Crippen molar-refractivity contribution < 1.29 is 23.0 Å². The number of nitriles is 1. The van der Waals surface area contributed by atoms with Crippen molar-refractivity contribution in [2.24, 2.45) is 7.05 Å². The lowest BCUT2D eigenvalue weighted by atomic mass is 9.99. The second-order valence-electron chi connectivity index (χ2n) is 8.93. The molecule has 1 aliphatic rings. The van der Waals surface area contributed by atoms with E-state index in [0.29, 0.717) is 29.8 Å². The van der Waals surface area contributed by atoms with Gasteiger partial charge in [-0.1, -0.05) is 12.1 Å². The van der Waals surface area contributed by atoms with E-state index < -0.39 is 6.36 Å². The number of aromatic nitrogens is 2. The van der Waals surface area contributed by atoms with Gasteiger partial charge < -0.3 is 19.3 Å². The Morgan fingerprint density at radius 2 is 1.92 bits per heavy atom. The molecular formula is C25H26F3N5O3. The Morgan fingerprint density at radius 1 is 1.22 bits per heavy atom. The minimum atomic E-state index is -4.76. The number of aliphatic hydroxyl groups excluding tert-OH is 1. The molecule has 1 N–H and O–H groups in total. The van der Waals surface area contributed by atoms with Crippen LogP contribution < -0.4 is 15.2 Å². The highest BCUT2D eigenvalue weighted by Crippen LogP contribution is 2.33. The molecule has 0 aliphatic carbocycles.